The van der Waals surface area contributed by atoms with Gasteiger partial charge >= 0.3 is 0 Å². The van der Waals surface area contributed by atoms with E-state index in [1.807, 2.05) is 24.3 Å². The Morgan fingerprint density at radius 3 is 2.20 bits per heavy atom. The van der Waals surface area contributed by atoms with E-state index in [4.69, 9.17) is 21.1 Å². The molecule has 0 saturated heterocycles. The number of ether oxygens (including phenoxy) is 2. The summed E-state index contributed by atoms with van der Waals surface area (Å²) in [7, 11) is 1.61. The summed E-state index contributed by atoms with van der Waals surface area (Å²) < 4.78 is 11.0. The Labute approximate surface area is 212 Å². The number of anilines is 1. The maximum Gasteiger partial charge on any atom is 0.234 e. The SMILES string of the molecule is COc1ccc(-c2ccc(C#N)c(SCC(=O)Nc3ccc(Oc4ccc(Cl)cc4)cc3)n2)cc1. The van der Waals surface area contributed by atoms with Gasteiger partial charge in [-0.2, -0.15) is 5.26 Å². The van der Waals surface area contributed by atoms with Crippen LogP contribution in [0.1, 0.15) is 5.56 Å². The molecule has 35 heavy (non-hydrogen) atoms. The summed E-state index contributed by atoms with van der Waals surface area (Å²) in [6.07, 6.45) is 0. The van der Waals surface area contributed by atoms with E-state index in [2.05, 4.69) is 16.4 Å². The Morgan fingerprint density at radius 2 is 1.57 bits per heavy atom. The van der Waals surface area contributed by atoms with E-state index in [1.54, 1.807) is 67.8 Å². The van der Waals surface area contributed by atoms with Gasteiger partial charge in [0.15, 0.2) is 0 Å². The summed E-state index contributed by atoms with van der Waals surface area (Å²) in [4.78, 5) is 17.1. The zero-order chi connectivity index (χ0) is 24.6. The van der Waals surface area contributed by atoms with Crippen molar-refractivity contribution in [2.45, 2.75) is 5.03 Å². The van der Waals surface area contributed by atoms with Crippen LogP contribution in [-0.4, -0.2) is 23.8 Å². The van der Waals surface area contributed by atoms with Crippen molar-refractivity contribution in [3.05, 3.63) is 95.5 Å². The number of halogens is 1. The van der Waals surface area contributed by atoms with Crippen LogP contribution in [0.15, 0.2) is 90.0 Å². The Balaban J connectivity index is 1.37. The van der Waals surface area contributed by atoms with Gasteiger partial charge in [0.1, 0.15) is 28.3 Å². The lowest BCUT2D eigenvalue weighted by molar-refractivity contribution is -0.113. The number of benzene rings is 3. The van der Waals surface area contributed by atoms with Gasteiger partial charge < -0.3 is 14.8 Å². The fraction of sp³-hybridized carbons (Fsp3) is 0.0741. The first-order valence-corrected chi connectivity index (χ1v) is 11.9. The van der Waals surface area contributed by atoms with Crippen molar-refractivity contribution in [3.63, 3.8) is 0 Å². The second-order valence-corrected chi connectivity index (χ2v) is 8.71. The largest absolute Gasteiger partial charge is 0.497 e. The predicted octanol–water partition coefficient (Wildman–Crippen LogP) is 6.81. The van der Waals surface area contributed by atoms with Gasteiger partial charge in [-0.1, -0.05) is 23.4 Å². The van der Waals surface area contributed by atoms with Crippen molar-refractivity contribution in [2.24, 2.45) is 0 Å². The molecule has 0 unspecified atom stereocenters. The van der Waals surface area contributed by atoms with Crippen LogP contribution >= 0.6 is 23.4 Å². The van der Waals surface area contributed by atoms with E-state index in [1.165, 1.54) is 11.8 Å². The molecule has 6 nitrogen and oxygen atoms in total. The van der Waals surface area contributed by atoms with Crippen LogP contribution in [0.3, 0.4) is 0 Å². The second kappa shape index (κ2) is 11.4. The number of hydrogen-bond acceptors (Lipinski definition) is 6. The predicted molar refractivity (Wildman–Crippen MR) is 138 cm³/mol. The van der Waals surface area contributed by atoms with Crippen LogP contribution in [-0.2, 0) is 4.79 Å². The van der Waals surface area contributed by atoms with Gasteiger partial charge in [-0.3, -0.25) is 4.79 Å². The number of amides is 1. The molecule has 174 valence electrons. The van der Waals surface area contributed by atoms with Crippen molar-refractivity contribution in [1.82, 2.24) is 4.98 Å². The lowest BCUT2D eigenvalue weighted by Crippen LogP contribution is -2.14. The van der Waals surface area contributed by atoms with Crippen molar-refractivity contribution in [3.8, 4) is 34.6 Å². The third-order valence-electron chi connectivity index (χ3n) is 4.89. The number of rotatable bonds is 8. The third-order valence-corrected chi connectivity index (χ3v) is 6.14. The first-order valence-electron chi connectivity index (χ1n) is 10.6. The first kappa shape index (κ1) is 24.1. The molecule has 1 heterocycles. The topological polar surface area (TPSA) is 84.2 Å². The number of carbonyl (C=O) groups excluding carboxylic acids is 1. The number of carbonyl (C=O) groups is 1. The number of pyridine rings is 1. The van der Waals surface area contributed by atoms with Crippen LogP contribution in [0, 0.1) is 11.3 Å². The fourth-order valence-corrected chi connectivity index (χ4v) is 4.03. The minimum absolute atomic E-state index is 0.108. The highest BCUT2D eigenvalue weighted by molar-refractivity contribution is 8.00. The molecule has 3 aromatic carbocycles. The average Bonchev–Trinajstić information content (AvgIpc) is 2.90. The van der Waals surface area contributed by atoms with Gasteiger partial charge in [0.25, 0.3) is 0 Å². The number of methoxy groups -OCH3 is 1. The van der Waals surface area contributed by atoms with Crippen molar-refractivity contribution < 1.29 is 14.3 Å². The first-order chi connectivity index (χ1) is 17.0. The number of hydrogen-bond donors (Lipinski definition) is 1. The van der Waals surface area contributed by atoms with Gasteiger partial charge in [0.05, 0.1) is 24.1 Å². The molecule has 8 heteroatoms. The summed E-state index contributed by atoms with van der Waals surface area (Å²) in [5.74, 6) is 1.95. The molecule has 1 aromatic heterocycles. The number of nitrogens with one attached hydrogen (secondary N) is 1. The molecule has 0 aliphatic carbocycles. The number of nitriles is 1. The van der Waals surface area contributed by atoms with E-state index in [0.29, 0.717) is 38.5 Å². The van der Waals surface area contributed by atoms with Crippen LogP contribution in [0.2, 0.25) is 5.02 Å². The molecule has 0 spiro atoms. The van der Waals surface area contributed by atoms with Crippen molar-refractivity contribution in [1.29, 1.82) is 5.26 Å². The minimum atomic E-state index is -0.207. The third kappa shape index (κ3) is 6.54. The smallest absolute Gasteiger partial charge is 0.234 e. The standard InChI is InChI=1S/C27H20ClN3O3S/c1-33-22-9-2-18(3-10-22)25-15-4-19(16-29)27(31-25)35-17-26(32)30-21-7-13-24(14-8-21)34-23-11-5-20(28)6-12-23/h2-15H,17H2,1H3,(H,30,32). The molecular weight excluding hydrogens is 482 g/mol. The highest BCUT2D eigenvalue weighted by Crippen LogP contribution is 2.27. The lowest BCUT2D eigenvalue weighted by atomic mass is 10.1. The number of thioether (sulfide) groups is 1. The van der Waals surface area contributed by atoms with Crippen molar-refractivity contribution in [2.75, 3.05) is 18.2 Å². The van der Waals surface area contributed by atoms with Crippen LogP contribution in [0.25, 0.3) is 11.3 Å². The highest BCUT2D eigenvalue weighted by atomic mass is 35.5. The van der Waals surface area contributed by atoms with Gasteiger partial charge in [0, 0.05) is 16.3 Å². The Hall–Kier alpha value is -3.99. The number of aromatic nitrogens is 1. The zero-order valence-corrected chi connectivity index (χ0v) is 20.3. The lowest BCUT2D eigenvalue weighted by Gasteiger charge is -2.09. The van der Waals surface area contributed by atoms with Crippen LogP contribution < -0.4 is 14.8 Å². The molecule has 0 saturated carbocycles. The fourth-order valence-electron chi connectivity index (χ4n) is 3.13. The van der Waals surface area contributed by atoms with Gasteiger partial charge in [-0.05, 0) is 84.9 Å². The maximum absolute atomic E-state index is 12.5. The summed E-state index contributed by atoms with van der Waals surface area (Å²) in [6, 6.07) is 27.3. The summed E-state index contributed by atoms with van der Waals surface area (Å²) in [6.45, 7) is 0. The second-order valence-electron chi connectivity index (χ2n) is 7.31. The minimum Gasteiger partial charge on any atom is -0.497 e. The molecule has 4 aromatic rings. The molecule has 0 aliphatic heterocycles. The normalized spacial score (nSPS) is 10.3. The van der Waals surface area contributed by atoms with E-state index in [9.17, 15) is 10.1 Å². The molecular formula is C27H20ClN3O3S. The zero-order valence-electron chi connectivity index (χ0n) is 18.7. The Kier molecular flexibility index (Phi) is 7.88. The van der Waals surface area contributed by atoms with Crippen LogP contribution in [0.5, 0.6) is 17.2 Å². The monoisotopic (exact) mass is 501 g/mol. The molecule has 4 rings (SSSR count). The molecule has 1 N–H and O–H groups in total. The van der Waals surface area contributed by atoms with E-state index < -0.39 is 0 Å². The quantitative estimate of drug-likeness (QED) is 0.267. The van der Waals surface area contributed by atoms with Gasteiger partial charge in [0.2, 0.25) is 5.91 Å². The van der Waals surface area contributed by atoms with Gasteiger partial charge in [-0.25, -0.2) is 4.98 Å². The average molecular weight is 502 g/mol. The van der Waals surface area contributed by atoms with Gasteiger partial charge in [-0.15, -0.1) is 0 Å². The summed E-state index contributed by atoms with van der Waals surface area (Å²) in [5, 5.41) is 13.4. The number of nitrogens with zero attached hydrogens (tertiary/aromatic N) is 2. The molecule has 0 fully saturated rings. The highest BCUT2D eigenvalue weighted by Gasteiger charge is 2.11. The van der Waals surface area contributed by atoms with Crippen LogP contribution in [0.4, 0.5) is 5.69 Å². The van der Waals surface area contributed by atoms with E-state index in [-0.39, 0.29) is 11.7 Å². The van der Waals surface area contributed by atoms with E-state index >= 15 is 0 Å². The molecule has 0 bridgehead atoms. The molecule has 1 amide bonds. The molecule has 0 radical (unpaired) electrons. The Morgan fingerprint density at radius 1 is 0.943 bits per heavy atom. The molecule has 0 aliphatic rings. The summed E-state index contributed by atoms with van der Waals surface area (Å²) >= 11 is 7.11. The summed E-state index contributed by atoms with van der Waals surface area (Å²) in [5.41, 5.74) is 2.66. The van der Waals surface area contributed by atoms with E-state index in [0.717, 1.165) is 11.3 Å². The maximum atomic E-state index is 12.5. The Bertz CT molecular complexity index is 1350. The van der Waals surface area contributed by atoms with Crippen molar-refractivity contribution >= 4 is 35.0 Å². The molecule has 0 atom stereocenters.